The number of rotatable bonds is 3. The van der Waals surface area contributed by atoms with Gasteiger partial charge in [0.05, 0.1) is 0 Å². The summed E-state index contributed by atoms with van der Waals surface area (Å²) in [7, 11) is 0. The van der Waals surface area contributed by atoms with Gasteiger partial charge in [-0.15, -0.1) is 0 Å². The van der Waals surface area contributed by atoms with Crippen molar-refractivity contribution < 1.29 is 4.79 Å². The van der Waals surface area contributed by atoms with Crippen molar-refractivity contribution in [2.45, 2.75) is 13.3 Å². The fourth-order valence-corrected chi connectivity index (χ4v) is 1.27. The second-order valence-corrected chi connectivity index (χ2v) is 3.21. The number of aryl methyl sites for hydroxylation is 1. The number of thiol groups is 1. The molecule has 64 valence electrons. The van der Waals surface area contributed by atoms with Gasteiger partial charge in [0.2, 0.25) is 0 Å². The third-order valence-electron chi connectivity index (χ3n) is 1.68. The van der Waals surface area contributed by atoms with Gasteiger partial charge < -0.3 is 0 Å². The minimum atomic E-state index is 0.175. The number of carbonyl (C=O) groups excluding carboxylic acids is 1. The van der Waals surface area contributed by atoms with Crippen LogP contribution in [0.4, 0.5) is 0 Å². The molecule has 0 aliphatic carbocycles. The quantitative estimate of drug-likeness (QED) is 0.558. The number of hydrogen-bond acceptors (Lipinski definition) is 2. The third kappa shape index (κ3) is 2.38. The van der Waals surface area contributed by atoms with Crippen LogP contribution < -0.4 is 0 Å². The fraction of sp³-hybridized carbons (Fsp3) is 0.300. The first-order valence-corrected chi connectivity index (χ1v) is 4.58. The molecule has 0 aliphatic rings. The molecule has 12 heavy (non-hydrogen) atoms. The largest absolute Gasteiger partial charge is 0.294 e. The Labute approximate surface area is 78.2 Å². The highest BCUT2D eigenvalue weighted by atomic mass is 32.1. The van der Waals surface area contributed by atoms with E-state index in [4.69, 9.17) is 0 Å². The molecule has 0 spiro atoms. The fourth-order valence-electron chi connectivity index (χ4n) is 1.06. The number of benzene rings is 1. The highest BCUT2D eigenvalue weighted by molar-refractivity contribution is 7.80. The predicted octanol–water partition coefficient (Wildman–Crippen LogP) is 2.50. The van der Waals surface area contributed by atoms with Crippen LogP contribution in [-0.4, -0.2) is 11.5 Å². The summed E-state index contributed by atoms with van der Waals surface area (Å²) in [5, 5.41) is 0. The lowest BCUT2D eigenvalue weighted by molar-refractivity contribution is 0.0989. The van der Waals surface area contributed by atoms with Gasteiger partial charge in [-0.25, -0.2) is 0 Å². The maximum absolute atomic E-state index is 11.3. The molecule has 0 saturated carbocycles. The minimum absolute atomic E-state index is 0.175. The van der Waals surface area contributed by atoms with Crippen molar-refractivity contribution in [3.05, 3.63) is 35.4 Å². The summed E-state index contributed by atoms with van der Waals surface area (Å²) in [4.78, 5) is 11.3. The number of ketones is 1. The van der Waals surface area contributed by atoms with Crippen LogP contribution in [0.1, 0.15) is 22.3 Å². The van der Waals surface area contributed by atoms with E-state index in [1.54, 1.807) is 0 Å². The van der Waals surface area contributed by atoms with Gasteiger partial charge in [0, 0.05) is 12.0 Å². The van der Waals surface area contributed by atoms with Crippen LogP contribution in [0.2, 0.25) is 0 Å². The van der Waals surface area contributed by atoms with Gasteiger partial charge in [-0.2, -0.15) is 12.6 Å². The third-order valence-corrected chi connectivity index (χ3v) is 1.90. The van der Waals surface area contributed by atoms with Crippen LogP contribution in [0.15, 0.2) is 24.3 Å². The second-order valence-electron chi connectivity index (χ2n) is 2.77. The van der Waals surface area contributed by atoms with Crippen LogP contribution in [0.3, 0.4) is 0 Å². The van der Waals surface area contributed by atoms with E-state index in [-0.39, 0.29) is 5.78 Å². The van der Waals surface area contributed by atoms with Crippen molar-refractivity contribution in [2.24, 2.45) is 0 Å². The van der Waals surface area contributed by atoms with E-state index in [1.807, 2.05) is 31.2 Å². The zero-order chi connectivity index (χ0) is 8.97. The van der Waals surface area contributed by atoms with Crippen molar-refractivity contribution in [3.8, 4) is 0 Å². The van der Waals surface area contributed by atoms with E-state index in [1.165, 1.54) is 0 Å². The summed E-state index contributed by atoms with van der Waals surface area (Å²) >= 11 is 4.02. The van der Waals surface area contributed by atoms with Gasteiger partial charge in [0.1, 0.15) is 0 Å². The van der Waals surface area contributed by atoms with Crippen molar-refractivity contribution >= 4 is 18.4 Å². The smallest absolute Gasteiger partial charge is 0.163 e. The maximum atomic E-state index is 11.3. The molecule has 0 radical (unpaired) electrons. The maximum Gasteiger partial charge on any atom is 0.163 e. The van der Waals surface area contributed by atoms with Gasteiger partial charge in [-0.1, -0.05) is 23.8 Å². The first-order chi connectivity index (χ1) is 5.74. The van der Waals surface area contributed by atoms with Crippen molar-refractivity contribution in [1.82, 2.24) is 0 Å². The van der Waals surface area contributed by atoms with Crippen LogP contribution in [-0.2, 0) is 0 Å². The Bertz CT molecular complexity index is 281. The van der Waals surface area contributed by atoms with Crippen molar-refractivity contribution in [3.63, 3.8) is 0 Å². The molecule has 1 nitrogen and oxygen atoms in total. The Morgan fingerprint density at radius 2 is 2.25 bits per heavy atom. The zero-order valence-electron chi connectivity index (χ0n) is 7.08. The minimum Gasteiger partial charge on any atom is -0.294 e. The highest BCUT2D eigenvalue weighted by Gasteiger charge is 2.03. The average molecular weight is 180 g/mol. The summed E-state index contributed by atoms with van der Waals surface area (Å²) < 4.78 is 0. The molecule has 0 unspecified atom stereocenters. The summed E-state index contributed by atoms with van der Waals surface area (Å²) in [5.41, 5.74) is 1.92. The van der Waals surface area contributed by atoms with E-state index >= 15 is 0 Å². The lowest BCUT2D eigenvalue weighted by atomic mass is 10.1. The lowest BCUT2D eigenvalue weighted by Crippen LogP contribution is -1.99. The standard InChI is InChI=1S/C10H12OS/c1-8-3-2-4-9(7-8)10(11)5-6-12/h2-4,7,12H,5-6H2,1H3. The van der Waals surface area contributed by atoms with E-state index in [2.05, 4.69) is 12.6 Å². The summed E-state index contributed by atoms with van der Waals surface area (Å²) in [6, 6.07) is 7.64. The molecule has 0 aliphatic heterocycles. The van der Waals surface area contributed by atoms with Crippen LogP contribution >= 0.6 is 12.6 Å². The van der Waals surface area contributed by atoms with Crippen molar-refractivity contribution in [2.75, 3.05) is 5.75 Å². The van der Waals surface area contributed by atoms with Gasteiger partial charge in [-0.05, 0) is 18.7 Å². The van der Waals surface area contributed by atoms with Crippen molar-refractivity contribution in [1.29, 1.82) is 0 Å². The average Bonchev–Trinajstić information content (AvgIpc) is 2.05. The Balaban J connectivity index is 2.81. The molecule has 0 fully saturated rings. The molecule has 0 N–H and O–H groups in total. The van der Waals surface area contributed by atoms with E-state index in [0.29, 0.717) is 12.2 Å². The molecule has 0 heterocycles. The van der Waals surface area contributed by atoms with Crippen LogP contribution in [0.5, 0.6) is 0 Å². The SMILES string of the molecule is Cc1cccc(C(=O)CCS)c1. The van der Waals surface area contributed by atoms with Crippen LogP contribution in [0, 0.1) is 6.92 Å². The monoisotopic (exact) mass is 180 g/mol. The molecular weight excluding hydrogens is 168 g/mol. The zero-order valence-corrected chi connectivity index (χ0v) is 7.97. The van der Waals surface area contributed by atoms with Gasteiger partial charge >= 0.3 is 0 Å². The van der Waals surface area contributed by atoms with Crippen LogP contribution in [0.25, 0.3) is 0 Å². The number of hydrogen-bond donors (Lipinski definition) is 1. The Kier molecular flexibility index (Phi) is 3.35. The molecular formula is C10H12OS. The van der Waals surface area contributed by atoms with Gasteiger partial charge in [-0.3, -0.25) is 4.79 Å². The normalized spacial score (nSPS) is 9.83. The van der Waals surface area contributed by atoms with Gasteiger partial charge in [0.15, 0.2) is 5.78 Å². The molecule has 0 bridgehead atoms. The molecule has 0 amide bonds. The summed E-state index contributed by atoms with van der Waals surface area (Å²) in [6.07, 6.45) is 0.520. The molecule has 1 aromatic carbocycles. The Morgan fingerprint density at radius 3 is 2.83 bits per heavy atom. The Morgan fingerprint density at radius 1 is 1.50 bits per heavy atom. The van der Waals surface area contributed by atoms with Gasteiger partial charge in [0.25, 0.3) is 0 Å². The molecule has 1 rings (SSSR count). The number of Topliss-reactive ketones (excluding diaryl/α,β-unsaturated/α-hetero) is 1. The van der Waals surface area contributed by atoms with E-state index < -0.39 is 0 Å². The molecule has 1 aromatic rings. The topological polar surface area (TPSA) is 17.1 Å². The van der Waals surface area contributed by atoms with E-state index in [9.17, 15) is 4.79 Å². The molecule has 0 atom stereocenters. The van der Waals surface area contributed by atoms with E-state index in [0.717, 1.165) is 11.1 Å². The number of carbonyl (C=O) groups is 1. The molecule has 2 heteroatoms. The lowest BCUT2D eigenvalue weighted by Gasteiger charge is -1.99. The highest BCUT2D eigenvalue weighted by Crippen LogP contribution is 2.06. The molecule has 0 saturated heterocycles. The first-order valence-electron chi connectivity index (χ1n) is 3.95. The Hall–Kier alpha value is -0.760. The second kappa shape index (κ2) is 4.31. The summed E-state index contributed by atoms with van der Waals surface area (Å²) in [6.45, 7) is 1.98. The first kappa shape index (κ1) is 9.33. The summed E-state index contributed by atoms with van der Waals surface area (Å²) in [5.74, 6) is 0.793. The molecule has 0 aromatic heterocycles. The predicted molar refractivity (Wildman–Crippen MR) is 54.0 cm³/mol.